The molecule has 1 aliphatic heterocycles. The maximum Gasteiger partial charge on any atom is 0.303 e. The Morgan fingerprint density at radius 1 is 1.33 bits per heavy atom. The van der Waals surface area contributed by atoms with Crippen LogP contribution in [-0.4, -0.2) is 40.1 Å². The van der Waals surface area contributed by atoms with E-state index in [9.17, 15) is 13.2 Å². The average Bonchev–Trinajstić information content (AvgIpc) is 3.06. The Kier molecular flexibility index (Phi) is 4.50. The molecule has 9 heteroatoms. The molecule has 0 atom stereocenters. The lowest BCUT2D eigenvalue weighted by Gasteiger charge is -2.26. The molecule has 130 valence electrons. The first-order valence-corrected chi connectivity index (χ1v) is 9.87. The minimum absolute atomic E-state index is 0.0197. The van der Waals surface area contributed by atoms with Crippen molar-refractivity contribution < 1.29 is 18.3 Å². The smallest absolute Gasteiger partial charge is 0.303 e. The van der Waals surface area contributed by atoms with Crippen molar-refractivity contribution in [2.45, 2.75) is 44.7 Å². The van der Waals surface area contributed by atoms with Gasteiger partial charge in [-0.3, -0.25) is 9.48 Å². The summed E-state index contributed by atoms with van der Waals surface area (Å²) in [5.41, 5.74) is 1.49. The van der Waals surface area contributed by atoms with Crippen LogP contribution in [0.15, 0.2) is 17.0 Å². The second-order valence-corrected chi connectivity index (χ2v) is 9.23. The van der Waals surface area contributed by atoms with Gasteiger partial charge in [0.25, 0.3) is 0 Å². The first-order chi connectivity index (χ1) is 11.3. The first kappa shape index (κ1) is 17.1. The van der Waals surface area contributed by atoms with E-state index >= 15 is 0 Å². The summed E-state index contributed by atoms with van der Waals surface area (Å²) in [4.78, 5) is 12.8. The molecule has 7 nitrogen and oxygen atoms in total. The second-order valence-electron chi connectivity index (χ2n) is 5.86. The van der Waals surface area contributed by atoms with Crippen molar-refractivity contribution in [3.8, 4) is 0 Å². The molecule has 0 unspecified atom stereocenters. The van der Waals surface area contributed by atoms with Crippen molar-refractivity contribution in [3.63, 3.8) is 0 Å². The minimum atomic E-state index is -3.52. The van der Waals surface area contributed by atoms with Gasteiger partial charge in [-0.25, -0.2) is 8.42 Å². The van der Waals surface area contributed by atoms with Crippen LogP contribution in [-0.2, 0) is 34.3 Å². The highest BCUT2D eigenvalue weighted by atomic mass is 32.2. The number of fused-ring (bicyclic) bond motifs is 1. The van der Waals surface area contributed by atoms with E-state index in [1.54, 1.807) is 16.8 Å². The Labute approximate surface area is 144 Å². The number of carbonyl (C=O) groups is 1. The van der Waals surface area contributed by atoms with Gasteiger partial charge in [-0.05, 0) is 26.0 Å². The van der Waals surface area contributed by atoms with Gasteiger partial charge in [-0.1, -0.05) is 0 Å². The molecule has 3 heterocycles. The molecule has 0 spiro atoms. The number of carboxylic acid groups (broad SMARTS) is 1. The monoisotopic (exact) mass is 369 g/mol. The number of aliphatic carboxylic acids is 1. The Balaban J connectivity index is 1.82. The SMILES string of the molecule is Cc1cc(S(=O)(=O)N2CCn3nc(CCC(=O)O)cc3C2)c(C)s1. The summed E-state index contributed by atoms with van der Waals surface area (Å²) < 4.78 is 29.0. The molecule has 3 rings (SSSR count). The highest BCUT2D eigenvalue weighted by Gasteiger charge is 2.31. The number of aryl methyl sites for hydroxylation is 3. The Hall–Kier alpha value is -1.71. The molecule has 0 aliphatic carbocycles. The Bertz CT molecular complexity index is 883. The van der Waals surface area contributed by atoms with Crippen LogP contribution >= 0.6 is 11.3 Å². The molecular formula is C15H19N3O4S2. The van der Waals surface area contributed by atoms with Gasteiger partial charge in [0.05, 0.1) is 35.8 Å². The zero-order valence-corrected chi connectivity index (χ0v) is 15.2. The number of rotatable bonds is 5. The molecule has 0 saturated heterocycles. The zero-order valence-electron chi connectivity index (χ0n) is 13.5. The van der Waals surface area contributed by atoms with E-state index < -0.39 is 16.0 Å². The van der Waals surface area contributed by atoms with Gasteiger partial charge < -0.3 is 5.11 Å². The third-order valence-electron chi connectivity index (χ3n) is 4.02. The maximum atomic E-state index is 12.9. The number of carboxylic acids is 1. The van der Waals surface area contributed by atoms with Crippen molar-refractivity contribution >= 4 is 27.3 Å². The van der Waals surface area contributed by atoms with Gasteiger partial charge in [0.15, 0.2) is 0 Å². The highest BCUT2D eigenvalue weighted by molar-refractivity contribution is 7.89. The van der Waals surface area contributed by atoms with Gasteiger partial charge in [0.1, 0.15) is 0 Å². The summed E-state index contributed by atoms with van der Waals surface area (Å²) in [6.45, 7) is 4.82. The number of nitrogens with zero attached hydrogens (tertiary/aromatic N) is 3. The van der Waals surface area contributed by atoms with Gasteiger partial charge in [0, 0.05) is 22.7 Å². The Morgan fingerprint density at radius 3 is 2.71 bits per heavy atom. The van der Waals surface area contributed by atoms with Gasteiger partial charge in [-0.15, -0.1) is 11.3 Å². The molecule has 0 amide bonds. The van der Waals surface area contributed by atoms with Gasteiger partial charge >= 0.3 is 5.97 Å². The average molecular weight is 369 g/mol. The van der Waals surface area contributed by atoms with Gasteiger partial charge in [0.2, 0.25) is 10.0 Å². The quantitative estimate of drug-likeness (QED) is 0.867. The second kappa shape index (κ2) is 6.30. The number of hydrogen-bond donors (Lipinski definition) is 1. The molecular weight excluding hydrogens is 350 g/mol. The summed E-state index contributed by atoms with van der Waals surface area (Å²) in [6, 6.07) is 3.52. The first-order valence-electron chi connectivity index (χ1n) is 7.62. The van der Waals surface area contributed by atoms with Crippen LogP contribution in [0.3, 0.4) is 0 Å². The molecule has 1 aliphatic rings. The lowest BCUT2D eigenvalue weighted by molar-refractivity contribution is -0.136. The van der Waals surface area contributed by atoms with Crippen molar-refractivity contribution in [3.05, 3.63) is 33.3 Å². The predicted molar refractivity (Wildman–Crippen MR) is 89.6 cm³/mol. The summed E-state index contributed by atoms with van der Waals surface area (Å²) in [5.74, 6) is -0.867. The zero-order chi connectivity index (χ0) is 17.5. The fourth-order valence-corrected chi connectivity index (χ4v) is 5.79. The summed E-state index contributed by atoms with van der Waals surface area (Å²) in [5, 5.41) is 13.1. The topological polar surface area (TPSA) is 92.5 Å². The number of sulfonamides is 1. The molecule has 0 fully saturated rings. The highest BCUT2D eigenvalue weighted by Crippen LogP contribution is 2.29. The van der Waals surface area contributed by atoms with E-state index in [1.165, 1.54) is 15.6 Å². The van der Waals surface area contributed by atoms with E-state index in [-0.39, 0.29) is 13.0 Å². The van der Waals surface area contributed by atoms with Crippen LogP contribution in [0.2, 0.25) is 0 Å². The Morgan fingerprint density at radius 2 is 2.08 bits per heavy atom. The van der Waals surface area contributed by atoms with Crippen LogP contribution in [0, 0.1) is 13.8 Å². The molecule has 0 aromatic carbocycles. The lowest BCUT2D eigenvalue weighted by Crippen LogP contribution is -2.38. The molecule has 0 bridgehead atoms. The normalized spacial score (nSPS) is 15.4. The summed E-state index contributed by atoms with van der Waals surface area (Å²) in [6.07, 6.45) is 0.372. The third-order valence-corrected chi connectivity index (χ3v) is 7.09. The van der Waals surface area contributed by atoms with Crippen molar-refractivity contribution in [2.75, 3.05) is 6.54 Å². The molecule has 0 radical (unpaired) electrons. The van der Waals surface area contributed by atoms with Crippen LogP contribution in [0.5, 0.6) is 0 Å². The molecule has 1 N–H and O–H groups in total. The largest absolute Gasteiger partial charge is 0.481 e. The minimum Gasteiger partial charge on any atom is -0.481 e. The third kappa shape index (κ3) is 3.24. The standard InChI is InChI=1S/C15H19N3O4S2/c1-10-7-14(11(2)23-10)24(21,22)17-5-6-18-13(9-17)8-12(16-18)3-4-15(19)20/h7-8H,3-6,9H2,1-2H3,(H,19,20). The summed E-state index contributed by atoms with van der Waals surface area (Å²) >= 11 is 1.48. The molecule has 2 aromatic rings. The fourth-order valence-electron chi connectivity index (χ4n) is 2.87. The van der Waals surface area contributed by atoms with Crippen molar-refractivity contribution in [2.24, 2.45) is 0 Å². The molecule has 2 aromatic heterocycles. The molecule has 24 heavy (non-hydrogen) atoms. The van der Waals surface area contributed by atoms with E-state index in [0.717, 1.165) is 15.4 Å². The number of aromatic nitrogens is 2. The van der Waals surface area contributed by atoms with Crippen LogP contribution < -0.4 is 0 Å². The van der Waals surface area contributed by atoms with E-state index in [4.69, 9.17) is 5.11 Å². The van der Waals surface area contributed by atoms with Crippen molar-refractivity contribution in [1.82, 2.24) is 14.1 Å². The summed E-state index contributed by atoms with van der Waals surface area (Å²) in [7, 11) is -3.52. The van der Waals surface area contributed by atoms with Crippen LogP contribution in [0.4, 0.5) is 0 Å². The maximum absolute atomic E-state index is 12.9. The van der Waals surface area contributed by atoms with E-state index in [0.29, 0.717) is 30.1 Å². The van der Waals surface area contributed by atoms with Crippen LogP contribution in [0.25, 0.3) is 0 Å². The number of thiophene rings is 1. The number of hydrogen-bond acceptors (Lipinski definition) is 5. The van der Waals surface area contributed by atoms with Crippen LogP contribution in [0.1, 0.15) is 27.6 Å². The van der Waals surface area contributed by atoms with E-state index in [1.807, 2.05) is 13.8 Å². The van der Waals surface area contributed by atoms with E-state index in [2.05, 4.69) is 5.10 Å². The van der Waals surface area contributed by atoms with Gasteiger partial charge in [-0.2, -0.15) is 9.40 Å². The van der Waals surface area contributed by atoms with Crippen molar-refractivity contribution in [1.29, 1.82) is 0 Å². The lowest BCUT2D eigenvalue weighted by atomic mass is 10.2. The molecule has 0 saturated carbocycles. The fraction of sp³-hybridized carbons (Fsp3) is 0.467. The predicted octanol–water partition coefficient (Wildman–Crippen LogP) is 1.78.